The summed E-state index contributed by atoms with van der Waals surface area (Å²) in [6, 6.07) is 5.13. The SMILES string of the molecule is CCS(=O)CCNC(=O)c1ccc(N)c(I)c1. The molecule has 0 aliphatic carbocycles. The van der Waals surface area contributed by atoms with Gasteiger partial charge in [0.05, 0.1) is 0 Å². The van der Waals surface area contributed by atoms with Crippen LogP contribution in [0.1, 0.15) is 17.3 Å². The zero-order valence-corrected chi connectivity index (χ0v) is 12.5. The number of nitrogens with two attached hydrogens (primary N) is 1. The Morgan fingerprint density at radius 1 is 1.53 bits per heavy atom. The molecule has 4 nitrogen and oxygen atoms in total. The summed E-state index contributed by atoms with van der Waals surface area (Å²) in [6.07, 6.45) is 0. The Labute approximate surface area is 117 Å². The van der Waals surface area contributed by atoms with Crippen LogP contribution in [0.25, 0.3) is 0 Å². The van der Waals surface area contributed by atoms with Crippen LogP contribution < -0.4 is 11.1 Å². The van der Waals surface area contributed by atoms with E-state index >= 15 is 0 Å². The molecule has 0 aliphatic heterocycles. The first-order chi connectivity index (χ1) is 8.04. The van der Waals surface area contributed by atoms with Gasteiger partial charge in [-0.2, -0.15) is 0 Å². The lowest BCUT2D eigenvalue weighted by Crippen LogP contribution is -2.28. The molecule has 1 atom stereocenters. The van der Waals surface area contributed by atoms with E-state index in [9.17, 15) is 9.00 Å². The molecule has 0 saturated carbocycles. The zero-order valence-electron chi connectivity index (χ0n) is 9.53. The highest BCUT2D eigenvalue weighted by Crippen LogP contribution is 2.16. The van der Waals surface area contributed by atoms with Crippen molar-refractivity contribution in [1.82, 2.24) is 5.32 Å². The fourth-order valence-corrected chi connectivity index (χ4v) is 2.33. The van der Waals surface area contributed by atoms with Crippen molar-refractivity contribution in [2.75, 3.05) is 23.8 Å². The molecular weight excluding hydrogens is 351 g/mol. The van der Waals surface area contributed by atoms with Gasteiger partial charge in [-0.3, -0.25) is 9.00 Å². The average Bonchev–Trinajstić information content (AvgIpc) is 2.32. The molecule has 6 heteroatoms. The Morgan fingerprint density at radius 2 is 2.24 bits per heavy atom. The van der Waals surface area contributed by atoms with Crippen LogP contribution >= 0.6 is 22.6 Å². The average molecular weight is 366 g/mol. The number of hydrogen-bond donors (Lipinski definition) is 2. The molecule has 0 radical (unpaired) electrons. The van der Waals surface area contributed by atoms with Crippen molar-refractivity contribution in [3.63, 3.8) is 0 Å². The molecule has 1 amide bonds. The van der Waals surface area contributed by atoms with Crippen LogP contribution in [-0.2, 0) is 10.8 Å². The number of carbonyl (C=O) groups is 1. The van der Waals surface area contributed by atoms with Crippen molar-refractivity contribution in [3.8, 4) is 0 Å². The fourth-order valence-electron chi connectivity index (χ4n) is 1.19. The molecule has 3 N–H and O–H groups in total. The molecule has 0 saturated heterocycles. The van der Waals surface area contributed by atoms with Gasteiger partial charge < -0.3 is 11.1 Å². The summed E-state index contributed by atoms with van der Waals surface area (Å²) in [5, 5.41) is 2.73. The van der Waals surface area contributed by atoms with E-state index in [1.165, 1.54) is 0 Å². The molecule has 0 heterocycles. The Kier molecular flexibility index (Phi) is 5.90. The van der Waals surface area contributed by atoms with E-state index in [1.54, 1.807) is 18.2 Å². The van der Waals surface area contributed by atoms with Crippen LogP contribution in [-0.4, -0.2) is 28.2 Å². The largest absolute Gasteiger partial charge is 0.398 e. The van der Waals surface area contributed by atoms with Crippen LogP contribution in [0.15, 0.2) is 18.2 Å². The number of amides is 1. The Bertz CT molecular complexity index is 437. The van der Waals surface area contributed by atoms with Gasteiger partial charge in [-0.15, -0.1) is 0 Å². The first-order valence-electron chi connectivity index (χ1n) is 5.22. The molecule has 1 aromatic carbocycles. The van der Waals surface area contributed by atoms with E-state index in [0.717, 1.165) is 3.57 Å². The Morgan fingerprint density at radius 3 is 2.82 bits per heavy atom. The molecule has 0 aliphatic rings. The molecule has 17 heavy (non-hydrogen) atoms. The first-order valence-corrected chi connectivity index (χ1v) is 7.79. The fraction of sp³-hybridized carbons (Fsp3) is 0.364. The van der Waals surface area contributed by atoms with E-state index in [1.807, 2.05) is 6.92 Å². The summed E-state index contributed by atoms with van der Waals surface area (Å²) < 4.78 is 12.0. The molecule has 1 rings (SSSR count). The van der Waals surface area contributed by atoms with E-state index in [2.05, 4.69) is 27.9 Å². The topological polar surface area (TPSA) is 72.2 Å². The van der Waals surface area contributed by atoms with E-state index in [4.69, 9.17) is 5.73 Å². The second kappa shape index (κ2) is 6.95. The maximum Gasteiger partial charge on any atom is 0.251 e. The lowest BCUT2D eigenvalue weighted by atomic mass is 10.2. The minimum atomic E-state index is -0.844. The van der Waals surface area contributed by atoms with Gasteiger partial charge in [0, 0.05) is 43.7 Å². The summed E-state index contributed by atoms with van der Waals surface area (Å²) in [7, 11) is -0.844. The number of benzene rings is 1. The van der Waals surface area contributed by atoms with Gasteiger partial charge in [-0.05, 0) is 40.8 Å². The van der Waals surface area contributed by atoms with Crippen LogP contribution in [0.2, 0.25) is 0 Å². The van der Waals surface area contributed by atoms with E-state index in [-0.39, 0.29) is 5.91 Å². The maximum absolute atomic E-state index is 11.7. The summed E-state index contributed by atoms with van der Waals surface area (Å²) in [6.45, 7) is 2.29. The lowest BCUT2D eigenvalue weighted by Gasteiger charge is -2.06. The van der Waals surface area contributed by atoms with Gasteiger partial charge in [0.1, 0.15) is 0 Å². The molecule has 0 fully saturated rings. The standard InChI is InChI=1S/C11H15IN2O2S/c1-2-17(16)6-5-14-11(15)8-3-4-10(13)9(12)7-8/h3-4,7H,2,5-6,13H2,1H3,(H,14,15). The minimum Gasteiger partial charge on any atom is -0.398 e. The third-order valence-electron chi connectivity index (χ3n) is 2.20. The zero-order chi connectivity index (χ0) is 12.8. The molecule has 94 valence electrons. The number of nitrogen functional groups attached to an aromatic ring is 1. The highest BCUT2D eigenvalue weighted by molar-refractivity contribution is 14.1. The molecule has 0 aromatic heterocycles. The summed E-state index contributed by atoms with van der Waals surface area (Å²) in [4.78, 5) is 11.7. The normalized spacial score (nSPS) is 12.1. The predicted octanol–water partition coefficient (Wildman–Crippen LogP) is 1.37. The highest BCUT2D eigenvalue weighted by Gasteiger charge is 2.07. The third-order valence-corrected chi connectivity index (χ3v) is 4.44. The second-order valence-electron chi connectivity index (χ2n) is 3.42. The van der Waals surface area contributed by atoms with E-state index < -0.39 is 10.8 Å². The molecular formula is C11H15IN2O2S. The van der Waals surface area contributed by atoms with E-state index in [0.29, 0.717) is 29.3 Å². The minimum absolute atomic E-state index is 0.156. The van der Waals surface area contributed by atoms with Crippen LogP contribution in [0.5, 0.6) is 0 Å². The van der Waals surface area contributed by atoms with Gasteiger partial charge in [-0.25, -0.2) is 0 Å². The summed E-state index contributed by atoms with van der Waals surface area (Å²) >= 11 is 2.08. The lowest BCUT2D eigenvalue weighted by molar-refractivity contribution is 0.0956. The van der Waals surface area contributed by atoms with Gasteiger partial charge in [-0.1, -0.05) is 6.92 Å². The maximum atomic E-state index is 11.7. The summed E-state index contributed by atoms with van der Waals surface area (Å²) in [5.41, 5.74) is 6.90. The number of halogens is 1. The number of anilines is 1. The first kappa shape index (κ1) is 14.4. The number of carbonyl (C=O) groups excluding carboxylic acids is 1. The van der Waals surface area contributed by atoms with Crippen molar-refractivity contribution in [1.29, 1.82) is 0 Å². The molecule has 0 bridgehead atoms. The quantitative estimate of drug-likeness (QED) is 0.611. The van der Waals surface area contributed by atoms with Crippen molar-refractivity contribution in [2.24, 2.45) is 0 Å². The molecule has 1 unspecified atom stereocenters. The Balaban J connectivity index is 2.52. The van der Waals surface area contributed by atoms with Crippen molar-refractivity contribution in [2.45, 2.75) is 6.92 Å². The van der Waals surface area contributed by atoms with Crippen molar-refractivity contribution in [3.05, 3.63) is 27.3 Å². The predicted molar refractivity (Wildman–Crippen MR) is 79.5 cm³/mol. The van der Waals surface area contributed by atoms with Crippen LogP contribution in [0.3, 0.4) is 0 Å². The van der Waals surface area contributed by atoms with Gasteiger partial charge in [0.15, 0.2) is 0 Å². The number of hydrogen-bond acceptors (Lipinski definition) is 3. The molecule has 1 aromatic rings. The highest BCUT2D eigenvalue weighted by atomic mass is 127. The van der Waals surface area contributed by atoms with Crippen molar-refractivity contribution < 1.29 is 9.00 Å². The smallest absolute Gasteiger partial charge is 0.251 e. The summed E-state index contributed by atoms with van der Waals surface area (Å²) in [5.74, 6) is 0.959. The van der Waals surface area contributed by atoms with Crippen molar-refractivity contribution >= 4 is 45.0 Å². The Hall–Kier alpha value is -0.630. The third kappa shape index (κ3) is 4.63. The molecule has 0 spiro atoms. The van der Waals surface area contributed by atoms with Gasteiger partial charge in [0.2, 0.25) is 0 Å². The number of rotatable bonds is 5. The van der Waals surface area contributed by atoms with Crippen LogP contribution in [0.4, 0.5) is 5.69 Å². The van der Waals surface area contributed by atoms with Crippen LogP contribution in [0, 0.1) is 3.57 Å². The second-order valence-corrected chi connectivity index (χ2v) is 6.45. The number of nitrogens with one attached hydrogen (secondary N) is 1. The van der Waals surface area contributed by atoms with Gasteiger partial charge in [0.25, 0.3) is 5.91 Å². The van der Waals surface area contributed by atoms with Gasteiger partial charge >= 0.3 is 0 Å². The monoisotopic (exact) mass is 366 g/mol.